The molecule has 13 heavy (non-hydrogen) atoms. The van der Waals surface area contributed by atoms with Gasteiger partial charge in [0, 0.05) is 6.54 Å². The fourth-order valence-corrected chi connectivity index (χ4v) is 1.96. The Kier molecular flexibility index (Phi) is 3.72. The van der Waals surface area contributed by atoms with Crippen LogP contribution in [-0.4, -0.2) is 35.1 Å². The topological polar surface area (TPSA) is 40.5 Å². The summed E-state index contributed by atoms with van der Waals surface area (Å²) in [4.78, 5) is 13.0. The molecule has 0 aliphatic carbocycles. The van der Waals surface area contributed by atoms with Gasteiger partial charge in [-0.2, -0.15) is 0 Å². The standard InChI is InChI=1S/C10H19NO2/c1-8(2)7-11-6-4-3-5-9(11)10(12)13/h8-9H,3-7H2,1-2H3,(H,12,13)/t9-/m0/s1. The molecule has 1 heterocycles. The highest BCUT2D eigenvalue weighted by Gasteiger charge is 2.28. The number of rotatable bonds is 3. The minimum atomic E-state index is -0.652. The number of hydrogen-bond donors (Lipinski definition) is 1. The van der Waals surface area contributed by atoms with E-state index in [1.165, 1.54) is 0 Å². The summed E-state index contributed by atoms with van der Waals surface area (Å²) >= 11 is 0. The van der Waals surface area contributed by atoms with Gasteiger partial charge in [-0.15, -0.1) is 0 Å². The first kappa shape index (κ1) is 10.5. The molecule has 0 bridgehead atoms. The lowest BCUT2D eigenvalue weighted by Crippen LogP contribution is -2.46. The highest BCUT2D eigenvalue weighted by atomic mass is 16.4. The van der Waals surface area contributed by atoms with Crippen LogP contribution in [0.5, 0.6) is 0 Å². The average Bonchev–Trinajstić information content (AvgIpc) is 2.03. The average molecular weight is 185 g/mol. The van der Waals surface area contributed by atoms with E-state index in [2.05, 4.69) is 18.7 Å². The third-order valence-electron chi connectivity index (χ3n) is 2.50. The Morgan fingerprint density at radius 1 is 1.54 bits per heavy atom. The van der Waals surface area contributed by atoms with E-state index in [1.54, 1.807) is 0 Å². The summed E-state index contributed by atoms with van der Waals surface area (Å²) in [6.45, 7) is 6.13. The third-order valence-corrected chi connectivity index (χ3v) is 2.50. The maximum Gasteiger partial charge on any atom is 0.320 e. The van der Waals surface area contributed by atoms with Gasteiger partial charge in [-0.25, -0.2) is 0 Å². The summed E-state index contributed by atoms with van der Waals surface area (Å²) in [5, 5.41) is 8.98. The number of likely N-dealkylation sites (tertiary alicyclic amines) is 1. The summed E-state index contributed by atoms with van der Waals surface area (Å²) in [7, 11) is 0. The zero-order valence-electron chi connectivity index (χ0n) is 8.49. The first-order chi connectivity index (χ1) is 6.11. The molecule has 0 unspecified atom stereocenters. The number of carboxylic acids is 1. The third kappa shape index (κ3) is 2.99. The summed E-state index contributed by atoms with van der Waals surface area (Å²) in [6, 6.07) is -0.226. The number of nitrogens with zero attached hydrogens (tertiary/aromatic N) is 1. The Morgan fingerprint density at radius 2 is 2.23 bits per heavy atom. The molecule has 1 atom stereocenters. The van der Waals surface area contributed by atoms with Crippen molar-refractivity contribution in [3.8, 4) is 0 Å². The number of hydrogen-bond acceptors (Lipinski definition) is 2. The SMILES string of the molecule is CC(C)CN1CCCC[C@H]1C(=O)O. The fourth-order valence-electron chi connectivity index (χ4n) is 1.96. The van der Waals surface area contributed by atoms with Gasteiger partial charge in [0.2, 0.25) is 0 Å². The van der Waals surface area contributed by atoms with Gasteiger partial charge in [0.15, 0.2) is 0 Å². The minimum absolute atomic E-state index is 0.226. The molecule has 76 valence electrons. The van der Waals surface area contributed by atoms with Crippen LogP contribution in [0.3, 0.4) is 0 Å². The van der Waals surface area contributed by atoms with Crippen molar-refractivity contribution in [2.75, 3.05) is 13.1 Å². The van der Waals surface area contributed by atoms with Crippen LogP contribution in [0.4, 0.5) is 0 Å². The molecule has 3 nitrogen and oxygen atoms in total. The van der Waals surface area contributed by atoms with Crippen molar-refractivity contribution < 1.29 is 9.90 Å². The lowest BCUT2D eigenvalue weighted by Gasteiger charge is -2.33. The van der Waals surface area contributed by atoms with E-state index in [0.717, 1.165) is 32.4 Å². The van der Waals surface area contributed by atoms with Gasteiger partial charge >= 0.3 is 5.97 Å². The molecule has 0 aromatic heterocycles. The lowest BCUT2D eigenvalue weighted by atomic mass is 10.0. The first-order valence-corrected chi connectivity index (χ1v) is 5.08. The second kappa shape index (κ2) is 4.61. The van der Waals surface area contributed by atoms with Crippen molar-refractivity contribution in [1.29, 1.82) is 0 Å². The number of piperidine rings is 1. The zero-order chi connectivity index (χ0) is 9.84. The monoisotopic (exact) mass is 185 g/mol. The molecule has 1 N–H and O–H groups in total. The van der Waals surface area contributed by atoms with E-state index >= 15 is 0 Å². The maximum atomic E-state index is 10.9. The van der Waals surface area contributed by atoms with E-state index in [0.29, 0.717) is 5.92 Å². The molecule has 0 aromatic rings. The van der Waals surface area contributed by atoms with Gasteiger partial charge in [-0.1, -0.05) is 20.3 Å². The summed E-state index contributed by atoms with van der Waals surface area (Å²) in [5.74, 6) is -0.0969. The Morgan fingerprint density at radius 3 is 2.77 bits per heavy atom. The molecular formula is C10H19NO2. The predicted octanol–water partition coefficient (Wildman–Crippen LogP) is 1.58. The minimum Gasteiger partial charge on any atom is -0.480 e. The van der Waals surface area contributed by atoms with Gasteiger partial charge in [0.05, 0.1) is 0 Å². The maximum absolute atomic E-state index is 10.9. The molecule has 1 saturated heterocycles. The first-order valence-electron chi connectivity index (χ1n) is 5.08. The molecule has 0 aromatic carbocycles. The Bertz CT molecular complexity index is 180. The number of carboxylic acid groups (broad SMARTS) is 1. The molecule has 0 spiro atoms. The van der Waals surface area contributed by atoms with E-state index in [1.807, 2.05) is 0 Å². The smallest absolute Gasteiger partial charge is 0.320 e. The second-order valence-corrected chi connectivity index (χ2v) is 4.24. The Balaban J connectivity index is 2.51. The van der Waals surface area contributed by atoms with Crippen LogP contribution < -0.4 is 0 Å². The zero-order valence-corrected chi connectivity index (χ0v) is 8.49. The fraction of sp³-hybridized carbons (Fsp3) is 0.900. The van der Waals surface area contributed by atoms with E-state index < -0.39 is 5.97 Å². The predicted molar refractivity (Wildman–Crippen MR) is 51.7 cm³/mol. The van der Waals surface area contributed by atoms with E-state index in [9.17, 15) is 4.79 Å². The van der Waals surface area contributed by atoms with Gasteiger partial charge in [-0.05, 0) is 25.3 Å². The van der Waals surface area contributed by atoms with Crippen LogP contribution in [-0.2, 0) is 4.79 Å². The molecule has 0 radical (unpaired) electrons. The largest absolute Gasteiger partial charge is 0.480 e. The van der Waals surface area contributed by atoms with Crippen LogP contribution in [0, 0.1) is 5.92 Å². The van der Waals surface area contributed by atoms with Gasteiger partial charge in [0.1, 0.15) is 6.04 Å². The normalized spacial score (nSPS) is 25.0. The van der Waals surface area contributed by atoms with Gasteiger partial charge in [-0.3, -0.25) is 9.69 Å². The quantitative estimate of drug-likeness (QED) is 0.725. The van der Waals surface area contributed by atoms with E-state index in [4.69, 9.17) is 5.11 Å². The van der Waals surface area contributed by atoms with Crippen molar-refractivity contribution in [2.45, 2.75) is 39.2 Å². The van der Waals surface area contributed by atoms with E-state index in [-0.39, 0.29) is 6.04 Å². The highest BCUT2D eigenvalue weighted by molar-refractivity contribution is 5.73. The van der Waals surface area contributed by atoms with Crippen LogP contribution >= 0.6 is 0 Å². The second-order valence-electron chi connectivity index (χ2n) is 4.24. The Labute approximate surface area is 79.7 Å². The molecule has 1 rings (SSSR count). The van der Waals surface area contributed by atoms with Crippen molar-refractivity contribution in [2.24, 2.45) is 5.92 Å². The number of aliphatic carboxylic acids is 1. The van der Waals surface area contributed by atoms with Gasteiger partial charge in [0.25, 0.3) is 0 Å². The van der Waals surface area contributed by atoms with Crippen LogP contribution in [0.2, 0.25) is 0 Å². The van der Waals surface area contributed by atoms with Gasteiger partial charge < -0.3 is 5.11 Å². The molecule has 1 fully saturated rings. The molecule has 0 amide bonds. The lowest BCUT2D eigenvalue weighted by molar-refractivity contribution is -0.144. The molecule has 1 aliphatic heterocycles. The van der Waals surface area contributed by atoms with Crippen LogP contribution in [0.15, 0.2) is 0 Å². The molecule has 3 heteroatoms. The molecule has 1 aliphatic rings. The Hall–Kier alpha value is -0.570. The number of carbonyl (C=O) groups is 1. The summed E-state index contributed by atoms with van der Waals surface area (Å²) in [6.07, 6.45) is 3.03. The van der Waals surface area contributed by atoms with Crippen molar-refractivity contribution >= 4 is 5.97 Å². The van der Waals surface area contributed by atoms with Crippen molar-refractivity contribution in [3.63, 3.8) is 0 Å². The highest BCUT2D eigenvalue weighted by Crippen LogP contribution is 2.18. The van der Waals surface area contributed by atoms with Crippen molar-refractivity contribution in [1.82, 2.24) is 4.90 Å². The summed E-state index contributed by atoms with van der Waals surface area (Å²) < 4.78 is 0. The van der Waals surface area contributed by atoms with Crippen LogP contribution in [0.25, 0.3) is 0 Å². The molecular weight excluding hydrogens is 166 g/mol. The summed E-state index contributed by atoms with van der Waals surface area (Å²) in [5.41, 5.74) is 0. The molecule has 0 saturated carbocycles. The van der Waals surface area contributed by atoms with Crippen LogP contribution in [0.1, 0.15) is 33.1 Å². The van der Waals surface area contributed by atoms with Crippen molar-refractivity contribution in [3.05, 3.63) is 0 Å².